The normalized spacial score (nSPS) is 31.8. The number of nitrogens with one attached hydrogen (secondary N) is 1. The molecule has 1 heterocycles. The van der Waals surface area contributed by atoms with Crippen molar-refractivity contribution in [2.24, 2.45) is 5.92 Å². The molecule has 1 spiro atoms. The van der Waals surface area contributed by atoms with Crippen molar-refractivity contribution in [1.29, 1.82) is 0 Å². The summed E-state index contributed by atoms with van der Waals surface area (Å²) < 4.78 is 0. The predicted octanol–water partition coefficient (Wildman–Crippen LogP) is 3.05. The van der Waals surface area contributed by atoms with E-state index >= 15 is 0 Å². The molecule has 3 nitrogen and oxygen atoms in total. The molecular formula is C16H28N2O. The van der Waals surface area contributed by atoms with Gasteiger partial charge in [-0.3, -0.25) is 10.1 Å². The molecule has 1 N–H and O–H groups in total. The highest BCUT2D eigenvalue weighted by Gasteiger charge is 2.60. The van der Waals surface area contributed by atoms with Gasteiger partial charge in [0, 0.05) is 6.04 Å². The lowest BCUT2D eigenvalue weighted by molar-refractivity contribution is -0.134. The Balaban J connectivity index is 1.77. The van der Waals surface area contributed by atoms with Crippen LogP contribution in [-0.2, 0) is 4.79 Å². The second-order valence-electron chi connectivity index (χ2n) is 7.13. The third-order valence-corrected chi connectivity index (χ3v) is 5.22. The Kier molecular flexibility index (Phi) is 3.59. The third kappa shape index (κ3) is 2.42. The fourth-order valence-electron chi connectivity index (χ4n) is 3.86. The summed E-state index contributed by atoms with van der Waals surface area (Å²) in [5, 5.41) is 3.65. The average molecular weight is 264 g/mol. The molecule has 1 atom stereocenters. The zero-order valence-electron chi connectivity index (χ0n) is 12.5. The van der Waals surface area contributed by atoms with Crippen molar-refractivity contribution in [3.05, 3.63) is 0 Å². The van der Waals surface area contributed by atoms with Crippen LogP contribution in [-0.4, -0.2) is 28.6 Å². The minimum Gasteiger partial charge on any atom is -0.322 e. The van der Waals surface area contributed by atoms with Crippen LogP contribution in [0.1, 0.15) is 71.6 Å². The zero-order valence-corrected chi connectivity index (χ0v) is 12.5. The first-order chi connectivity index (χ1) is 9.14. The largest absolute Gasteiger partial charge is 0.322 e. The lowest BCUT2D eigenvalue weighted by Crippen LogP contribution is -2.47. The van der Waals surface area contributed by atoms with E-state index in [0.29, 0.717) is 17.9 Å². The van der Waals surface area contributed by atoms with Crippen molar-refractivity contribution < 1.29 is 4.79 Å². The molecule has 0 radical (unpaired) electrons. The average Bonchev–Trinajstić information content (AvgIpc) is 3.04. The molecule has 1 saturated heterocycles. The number of carbonyl (C=O) groups is 1. The van der Waals surface area contributed by atoms with E-state index < -0.39 is 0 Å². The first kappa shape index (κ1) is 13.4. The molecule has 3 aliphatic rings. The van der Waals surface area contributed by atoms with Gasteiger partial charge in [0.25, 0.3) is 0 Å². The predicted molar refractivity (Wildman–Crippen MR) is 76.7 cm³/mol. The van der Waals surface area contributed by atoms with Crippen LogP contribution in [0.4, 0.5) is 0 Å². The van der Waals surface area contributed by atoms with Gasteiger partial charge in [0.15, 0.2) is 0 Å². The van der Waals surface area contributed by atoms with Gasteiger partial charge in [0.05, 0.1) is 11.7 Å². The Labute approximate surface area is 117 Å². The Morgan fingerprint density at radius 1 is 1.11 bits per heavy atom. The highest BCUT2D eigenvalue weighted by Crippen LogP contribution is 2.45. The topological polar surface area (TPSA) is 32.3 Å². The Hall–Kier alpha value is -0.570. The van der Waals surface area contributed by atoms with Crippen LogP contribution in [0.2, 0.25) is 0 Å². The van der Waals surface area contributed by atoms with E-state index in [1.807, 2.05) is 0 Å². The molecule has 2 saturated carbocycles. The lowest BCUT2D eigenvalue weighted by Gasteiger charge is -2.35. The third-order valence-electron chi connectivity index (χ3n) is 5.22. The van der Waals surface area contributed by atoms with Gasteiger partial charge in [-0.1, -0.05) is 46.0 Å². The van der Waals surface area contributed by atoms with Crippen LogP contribution in [0, 0.1) is 5.92 Å². The summed E-state index contributed by atoms with van der Waals surface area (Å²) in [6.45, 7) is 4.48. The van der Waals surface area contributed by atoms with E-state index in [-0.39, 0.29) is 11.7 Å². The summed E-state index contributed by atoms with van der Waals surface area (Å²) >= 11 is 0. The van der Waals surface area contributed by atoms with Gasteiger partial charge in [-0.05, 0) is 31.6 Å². The monoisotopic (exact) mass is 264 g/mol. The quantitative estimate of drug-likeness (QED) is 0.831. The van der Waals surface area contributed by atoms with E-state index in [1.54, 1.807) is 0 Å². The lowest BCUT2D eigenvalue weighted by atomic mass is 9.94. The molecule has 19 heavy (non-hydrogen) atoms. The molecule has 0 aromatic rings. The fourth-order valence-corrected chi connectivity index (χ4v) is 3.86. The van der Waals surface area contributed by atoms with Crippen molar-refractivity contribution in [2.45, 2.75) is 89.4 Å². The van der Waals surface area contributed by atoms with Crippen molar-refractivity contribution in [2.75, 3.05) is 0 Å². The number of amides is 1. The molecule has 1 aliphatic heterocycles. The molecule has 3 heteroatoms. The first-order valence-electron chi connectivity index (χ1n) is 8.24. The van der Waals surface area contributed by atoms with Crippen LogP contribution in [0.3, 0.4) is 0 Å². The second-order valence-corrected chi connectivity index (χ2v) is 7.13. The maximum Gasteiger partial charge on any atom is 0.244 e. The highest BCUT2D eigenvalue weighted by molar-refractivity contribution is 5.92. The van der Waals surface area contributed by atoms with E-state index in [1.165, 1.54) is 44.9 Å². The van der Waals surface area contributed by atoms with Crippen LogP contribution < -0.4 is 5.32 Å². The molecule has 0 aromatic heterocycles. The van der Waals surface area contributed by atoms with Crippen LogP contribution in [0.25, 0.3) is 0 Å². The van der Waals surface area contributed by atoms with Crippen LogP contribution in [0.15, 0.2) is 0 Å². The molecule has 108 valence electrons. The molecule has 3 fully saturated rings. The van der Waals surface area contributed by atoms with Gasteiger partial charge in [-0.25, -0.2) is 0 Å². The molecule has 3 rings (SSSR count). The SMILES string of the molecule is CC(C)C1NC2(CC2)C(=O)N1C1CCCCCCC1. The fraction of sp³-hybridized carbons (Fsp3) is 0.938. The summed E-state index contributed by atoms with van der Waals surface area (Å²) in [6, 6.07) is 0.493. The van der Waals surface area contributed by atoms with Gasteiger partial charge >= 0.3 is 0 Å². The minimum absolute atomic E-state index is 0.142. The summed E-state index contributed by atoms with van der Waals surface area (Å²) in [6.07, 6.45) is 11.5. The summed E-state index contributed by atoms with van der Waals surface area (Å²) in [7, 11) is 0. The Morgan fingerprint density at radius 3 is 2.21 bits per heavy atom. The zero-order chi connectivity index (χ0) is 13.5. The standard InChI is InChI=1S/C16H28N2O/c1-12(2)14-17-16(10-11-16)15(19)18(14)13-8-6-4-3-5-7-9-13/h12-14,17H,3-11H2,1-2H3. The molecule has 2 aliphatic carbocycles. The van der Waals surface area contributed by atoms with Crippen molar-refractivity contribution in [1.82, 2.24) is 10.2 Å². The second kappa shape index (κ2) is 5.08. The molecule has 1 unspecified atom stereocenters. The highest BCUT2D eigenvalue weighted by atomic mass is 16.2. The number of carbonyl (C=O) groups excluding carboxylic acids is 1. The van der Waals surface area contributed by atoms with Gasteiger partial charge in [0.2, 0.25) is 5.91 Å². The van der Waals surface area contributed by atoms with E-state index in [9.17, 15) is 4.79 Å². The van der Waals surface area contributed by atoms with Crippen LogP contribution >= 0.6 is 0 Å². The smallest absolute Gasteiger partial charge is 0.244 e. The number of nitrogens with zero attached hydrogens (tertiary/aromatic N) is 1. The molecule has 0 aromatic carbocycles. The summed E-state index contributed by atoms with van der Waals surface area (Å²) in [5.41, 5.74) is -0.142. The molecular weight excluding hydrogens is 236 g/mol. The van der Waals surface area contributed by atoms with E-state index in [0.717, 1.165) is 12.8 Å². The van der Waals surface area contributed by atoms with Crippen molar-refractivity contribution in [3.8, 4) is 0 Å². The number of rotatable bonds is 2. The Morgan fingerprint density at radius 2 is 1.68 bits per heavy atom. The minimum atomic E-state index is -0.142. The summed E-state index contributed by atoms with van der Waals surface area (Å²) in [5.74, 6) is 0.922. The summed E-state index contributed by atoms with van der Waals surface area (Å²) in [4.78, 5) is 15.0. The van der Waals surface area contributed by atoms with Gasteiger partial charge in [-0.15, -0.1) is 0 Å². The van der Waals surface area contributed by atoms with E-state index in [2.05, 4.69) is 24.1 Å². The van der Waals surface area contributed by atoms with Gasteiger partial charge < -0.3 is 4.90 Å². The number of hydrogen-bond donors (Lipinski definition) is 1. The molecule has 1 amide bonds. The maximum atomic E-state index is 12.8. The van der Waals surface area contributed by atoms with Crippen molar-refractivity contribution >= 4 is 5.91 Å². The van der Waals surface area contributed by atoms with Crippen molar-refractivity contribution in [3.63, 3.8) is 0 Å². The van der Waals surface area contributed by atoms with Gasteiger partial charge in [-0.2, -0.15) is 0 Å². The maximum absolute atomic E-state index is 12.8. The van der Waals surface area contributed by atoms with Crippen LogP contribution in [0.5, 0.6) is 0 Å². The number of hydrogen-bond acceptors (Lipinski definition) is 2. The van der Waals surface area contributed by atoms with E-state index in [4.69, 9.17) is 0 Å². The Bertz CT molecular complexity index is 341. The molecule has 0 bridgehead atoms. The first-order valence-corrected chi connectivity index (χ1v) is 8.24. The van der Waals surface area contributed by atoms with Gasteiger partial charge in [0.1, 0.15) is 0 Å².